The van der Waals surface area contributed by atoms with Crippen LogP contribution in [0.1, 0.15) is 23.1 Å². The second-order valence-corrected chi connectivity index (χ2v) is 5.04. The maximum atomic E-state index is 12.1. The molecule has 1 aromatic rings. The monoisotopic (exact) mass is 301 g/mol. The average molecular weight is 301 g/mol. The highest BCUT2D eigenvalue weighted by Crippen LogP contribution is 2.18. The van der Waals surface area contributed by atoms with Gasteiger partial charge in [0.2, 0.25) is 0 Å². The van der Waals surface area contributed by atoms with Gasteiger partial charge >= 0.3 is 6.18 Å². The van der Waals surface area contributed by atoms with Gasteiger partial charge in [-0.3, -0.25) is 4.99 Å². The Morgan fingerprint density at radius 3 is 2.14 bits per heavy atom. The molecule has 3 nitrogen and oxygen atoms in total. The summed E-state index contributed by atoms with van der Waals surface area (Å²) in [6, 6.07) is 6.32. The molecular formula is C15H22F3N3. The predicted octanol–water partition coefficient (Wildman–Crippen LogP) is 2.96. The topological polar surface area (TPSA) is 36.4 Å². The van der Waals surface area contributed by atoms with Gasteiger partial charge in [0.25, 0.3) is 0 Å². The Morgan fingerprint density at radius 1 is 1.05 bits per heavy atom. The fourth-order valence-electron chi connectivity index (χ4n) is 2.08. The number of benzene rings is 1. The van der Waals surface area contributed by atoms with E-state index in [1.54, 1.807) is 7.05 Å². The minimum Gasteiger partial charge on any atom is -0.356 e. The third kappa shape index (κ3) is 7.58. The molecule has 0 aliphatic carbocycles. The molecule has 0 unspecified atom stereocenters. The van der Waals surface area contributed by atoms with E-state index in [1.165, 1.54) is 16.7 Å². The molecule has 0 bridgehead atoms. The molecule has 0 radical (unpaired) electrons. The molecule has 1 aromatic carbocycles. The minimum atomic E-state index is -4.15. The Hall–Kier alpha value is -1.72. The molecule has 2 N–H and O–H groups in total. The number of alkyl halides is 3. The lowest BCUT2D eigenvalue weighted by atomic mass is 10.1. The van der Waals surface area contributed by atoms with Gasteiger partial charge in [-0.2, -0.15) is 13.2 Å². The summed E-state index contributed by atoms with van der Waals surface area (Å²) in [4.78, 5) is 3.90. The fraction of sp³-hybridized carbons (Fsp3) is 0.533. The van der Waals surface area contributed by atoms with E-state index in [2.05, 4.69) is 33.8 Å². The van der Waals surface area contributed by atoms with Crippen molar-refractivity contribution in [1.29, 1.82) is 0 Å². The predicted molar refractivity (Wildman–Crippen MR) is 79.7 cm³/mol. The van der Waals surface area contributed by atoms with Crippen LogP contribution in [-0.2, 0) is 6.42 Å². The number of hydrogen-bond donors (Lipinski definition) is 2. The van der Waals surface area contributed by atoms with Crippen molar-refractivity contribution >= 4 is 5.96 Å². The molecular weight excluding hydrogens is 279 g/mol. The summed E-state index contributed by atoms with van der Waals surface area (Å²) in [6.45, 7) is 4.53. The largest absolute Gasteiger partial charge is 0.390 e. The Balaban J connectivity index is 2.35. The van der Waals surface area contributed by atoms with Gasteiger partial charge in [-0.25, -0.2) is 0 Å². The first-order valence-corrected chi connectivity index (χ1v) is 6.88. The van der Waals surface area contributed by atoms with Crippen LogP contribution in [0, 0.1) is 13.8 Å². The quantitative estimate of drug-likeness (QED) is 0.648. The van der Waals surface area contributed by atoms with Gasteiger partial charge in [0, 0.05) is 20.1 Å². The summed E-state index contributed by atoms with van der Waals surface area (Å²) in [5.41, 5.74) is 3.61. The van der Waals surface area contributed by atoms with Crippen molar-refractivity contribution in [2.75, 3.05) is 20.1 Å². The van der Waals surface area contributed by atoms with Crippen molar-refractivity contribution < 1.29 is 13.2 Å². The van der Waals surface area contributed by atoms with Gasteiger partial charge in [0.1, 0.15) is 0 Å². The Morgan fingerprint density at radius 2 is 1.62 bits per heavy atom. The number of nitrogens with zero attached hydrogens (tertiary/aromatic N) is 1. The zero-order valence-corrected chi connectivity index (χ0v) is 12.6. The molecule has 0 aliphatic heterocycles. The molecule has 0 amide bonds. The molecule has 0 heterocycles. The van der Waals surface area contributed by atoms with Crippen molar-refractivity contribution in [3.63, 3.8) is 0 Å². The molecule has 0 aliphatic rings. The van der Waals surface area contributed by atoms with Crippen molar-refractivity contribution in [1.82, 2.24) is 10.6 Å². The molecule has 21 heavy (non-hydrogen) atoms. The number of guanidine groups is 1. The van der Waals surface area contributed by atoms with Gasteiger partial charge in [-0.1, -0.05) is 29.3 Å². The second kappa shape index (κ2) is 7.90. The zero-order chi connectivity index (χ0) is 15.9. The molecule has 6 heteroatoms. The van der Waals surface area contributed by atoms with Gasteiger partial charge in [0.15, 0.2) is 5.96 Å². The number of hydrogen-bond acceptors (Lipinski definition) is 1. The van der Waals surface area contributed by atoms with Crippen LogP contribution >= 0.6 is 0 Å². The lowest BCUT2D eigenvalue weighted by Gasteiger charge is -2.13. The smallest absolute Gasteiger partial charge is 0.356 e. The number of rotatable bonds is 5. The number of aryl methyl sites for hydroxylation is 2. The Kier molecular flexibility index (Phi) is 6.52. The van der Waals surface area contributed by atoms with Gasteiger partial charge in [0.05, 0.1) is 6.42 Å². The summed E-state index contributed by atoms with van der Waals surface area (Å²) < 4.78 is 36.2. The number of aliphatic imine (C=N–C) groups is 1. The number of nitrogens with one attached hydrogen (secondary N) is 2. The summed E-state index contributed by atoms with van der Waals surface area (Å²) in [7, 11) is 1.54. The van der Waals surface area contributed by atoms with Crippen LogP contribution in [0.25, 0.3) is 0 Å². The van der Waals surface area contributed by atoms with E-state index in [0.717, 1.165) is 6.42 Å². The molecule has 0 aromatic heterocycles. The lowest BCUT2D eigenvalue weighted by molar-refractivity contribution is -0.132. The van der Waals surface area contributed by atoms with Crippen LogP contribution < -0.4 is 10.6 Å². The maximum absolute atomic E-state index is 12.1. The second-order valence-electron chi connectivity index (χ2n) is 5.04. The molecule has 0 saturated heterocycles. The van der Waals surface area contributed by atoms with Crippen LogP contribution in [0.5, 0.6) is 0 Å². The van der Waals surface area contributed by atoms with Gasteiger partial charge in [-0.05, 0) is 25.8 Å². The van der Waals surface area contributed by atoms with Crippen LogP contribution in [-0.4, -0.2) is 32.3 Å². The highest BCUT2D eigenvalue weighted by molar-refractivity contribution is 5.79. The summed E-state index contributed by atoms with van der Waals surface area (Å²) >= 11 is 0. The summed E-state index contributed by atoms with van der Waals surface area (Å²) in [5.74, 6) is 0.392. The normalized spacial score (nSPS) is 12.4. The molecule has 0 fully saturated rings. The first kappa shape index (κ1) is 17.3. The molecule has 0 spiro atoms. The SMILES string of the molecule is CN=C(NCCc1cc(C)cc(C)c1)NCCC(F)(F)F. The lowest BCUT2D eigenvalue weighted by Crippen LogP contribution is -2.39. The zero-order valence-electron chi connectivity index (χ0n) is 12.6. The standard InChI is InChI=1S/C15H22F3N3/c1-11-8-12(2)10-13(9-11)4-6-20-14(19-3)21-7-5-15(16,17)18/h8-10H,4-7H2,1-3H3,(H2,19,20,21). The van der Waals surface area contributed by atoms with Gasteiger partial charge in [-0.15, -0.1) is 0 Å². The van der Waals surface area contributed by atoms with Crippen LogP contribution in [0.15, 0.2) is 23.2 Å². The minimum absolute atomic E-state index is 0.174. The summed E-state index contributed by atoms with van der Waals surface area (Å²) in [6.07, 6.45) is -4.22. The molecule has 118 valence electrons. The first-order valence-electron chi connectivity index (χ1n) is 6.88. The Bertz CT molecular complexity index is 461. The van der Waals surface area contributed by atoms with Crippen molar-refractivity contribution in [2.24, 2.45) is 4.99 Å². The van der Waals surface area contributed by atoms with E-state index >= 15 is 0 Å². The van der Waals surface area contributed by atoms with E-state index in [9.17, 15) is 13.2 Å². The fourth-order valence-corrected chi connectivity index (χ4v) is 2.08. The molecule has 0 saturated carbocycles. The highest BCUT2D eigenvalue weighted by atomic mass is 19.4. The van der Waals surface area contributed by atoms with E-state index in [-0.39, 0.29) is 6.54 Å². The third-order valence-corrected chi connectivity index (χ3v) is 2.91. The van der Waals surface area contributed by atoms with Gasteiger partial charge < -0.3 is 10.6 Å². The van der Waals surface area contributed by atoms with E-state index < -0.39 is 12.6 Å². The van der Waals surface area contributed by atoms with E-state index in [1.807, 2.05) is 13.8 Å². The van der Waals surface area contributed by atoms with Crippen LogP contribution in [0.4, 0.5) is 13.2 Å². The van der Waals surface area contributed by atoms with Crippen molar-refractivity contribution in [3.05, 3.63) is 34.9 Å². The first-order chi connectivity index (χ1) is 9.80. The third-order valence-electron chi connectivity index (χ3n) is 2.91. The van der Waals surface area contributed by atoms with E-state index in [0.29, 0.717) is 12.5 Å². The van der Waals surface area contributed by atoms with E-state index in [4.69, 9.17) is 0 Å². The highest BCUT2D eigenvalue weighted by Gasteiger charge is 2.26. The van der Waals surface area contributed by atoms with Crippen LogP contribution in [0.2, 0.25) is 0 Å². The molecule has 0 atom stereocenters. The van der Waals surface area contributed by atoms with Crippen LogP contribution in [0.3, 0.4) is 0 Å². The van der Waals surface area contributed by atoms with Crippen molar-refractivity contribution in [3.8, 4) is 0 Å². The maximum Gasteiger partial charge on any atom is 0.390 e. The average Bonchev–Trinajstić information content (AvgIpc) is 2.34. The summed E-state index contributed by atoms with van der Waals surface area (Å²) in [5, 5.41) is 5.67. The molecule has 1 rings (SSSR count). The Labute approximate surface area is 123 Å². The number of halogens is 3. The van der Waals surface area contributed by atoms with Crippen molar-refractivity contribution in [2.45, 2.75) is 32.9 Å².